The van der Waals surface area contributed by atoms with Crippen molar-refractivity contribution in [3.8, 4) is 5.75 Å². The Morgan fingerprint density at radius 3 is 2.48 bits per heavy atom. The van der Waals surface area contributed by atoms with Gasteiger partial charge in [-0.3, -0.25) is 9.69 Å². The molecule has 1 heterocycles. The highest BCUT2D eigenvalue weighted by Gasteiger charge is 2.24. The first-order valence-electron chi connectivity index (χ1n) is 7.69. The normalized spacial score (nSPS) is 16.8. The second-order valence-corrected chi connectivity index (χ2v) is 6.13. The van der Waals surface area contributed by atoms with Crippen molar-refractivity contribution >= 4 is 48.0 Å². The minimum atomic E-state index is -0.226. The summed E-state index contributed by atoms with van der Waals surface area (Å²) >= 11 is 6.03. The lowest BCUT2D eigenvalue weighted by molar-refractivity contribution is 0.0137. The Labute approximate surface area is 166 Å². The summed E-state index contributed by atoms with van der Waals surface area (Å²) in [5.41, 5.74) is 6.52. The van der Waals surface area contributed by atoms with Crippen molar-refractivity contribution in [3.05, 3.63) is 22.7 Å². The third-order valence-electron chi connectivity index (χ3n) is 4.27. The van der Waals surface area contributed by atoms with Crippen LogP contribution in [0.3, 0.4) is 0 Å². The van der Waals surface area contributed by atoms with E-state index in [0.717, 1.165) is 26.3 Å². The van der Waals surface area contributed by atoms with Gasteiger partial charge < -0.3 is 20.5 Å². The number of benzene rings is 1. The number of carbonyl (C=O) groups is 1. The zero-order valence-electron chi connectivity index (χ0n) is 14.6. The van der Waals surface area contributed by atoms with Gasteiger partial charge >= 0.3 is 0 Å². The number of rotatable bonds is 5. The second-order valence-electron chi connectivity index (χ2n) is 5.73. The lowest BCUT2D eigenvalue weighted by Gasteiger charge is -2.35. The number of methoxy groups -OCH3 is 1. The van der Waals surface area contributed by atoms with E-state index >= 15 is 0 Å². The van der Waals surface area contributed by atoms with Crippen LogP contribution in [0.15, 0.2) is 12.1 Å². The molecule has 1 aromatic carbocycles. The maximum absolute atomic E-state index is 12.6. The number of nitrogen functional groups attached to an aromatic ring is 1. The fourth-order valence-corrected chi connectivity index (χ4v) is 2.79. The molecule has 144 valence electrons. The Balaban J connectivity index is 0.00000288. The zero-order valence-corrected chi connectivity index (χ0v) is 17.0. The Bertz CT molecular complexity index is 569. The number of amides is 1. The molecule has 0 spiro atoms. The van der Waals surface area contributed by atoms with E-state index in [0.29, 0.717) is 22.0 Å². The van der Waals surface area contributed by atoms with Crippen LogP contribution in [-0.4, -0.2) is 56.3 Å². The van der Waals surface area contributed by atoms with Crippen LogP contribution in [0.25, 0.3) is 0 Å². The van der Waals surface area contributed by atoms with Gasteiger partial charge in [-0.25, -0.2) is 0 Å². The monoisotopic (exact) mass is 413 g/mol. The van der Waals surface area contributed by atoms with E-state index < -0.39 is 0 Å². The first-order chi connectivity index (χ1) is 10.9. The lowest BCUT2D eigenvalue weighted by Crippen LogP contribution is -2.52. The van der Waals surface area contributed by atoms with E-state index in [1.807, 2.05) is 6.92 Å². The summed E-state index contributed by atoms with van der Waals surface area (Å²) in [6.07, 6.45) is 0. The first kappa shape index (κ1) is 24.1. The summed E-state index contributed by atoms with van der Waals surface area (Å²) < 4.78 is 10.6. The van der Waals surface area contributed by atoms with Crippen LogP contribution in [0.1, 0.15) is 24.2 Å². The van der Waals surface area contributed by atoms with E-state index in [-0.39, 0.29) is 42.8 Å². The summed E-state index contributed by atoms with van der Waals surface area (Å²) in [5.74, 6) is 0.187. The smallest absolute Gasteiger partial charge is 0.255 e. The minimum absolute atomic E-state index is 0. The largest absolute Gasteiger partial charge is 0.496 e. The molecule has 1 saturated heterocycles. The maximum atomic E-state index is 12.6. The van der Waals surface area contributed by atoms with Crippen LogP contribution in [0, 0.1) is 0 Å². The number of anilines is 1. The molecular weight excluding hydrogens is 389 g/mol. The van der Waals surface area contributed by atoms with Gasteiger partial charge in [0.25, 0.3) is 5.91 Å². The molecule has 1 fully saturated rings. The number of hydrogen-bond acceptors (Lipinski definition) is 5. The number of morpholine rings is 1. The predicted molar refractivity (Wildman–Crippen MR) is 106 cm³/mol. The number of carbonyl (C=O) groups excluding carboxylic acids is 1. The SMILES string of the molecule is COc1cc(N)c(Cl)cc1C(=O)NC(C)C(C)N1CCOCC1.Cl.Cl. The number of halogens is 3. The average Bonchev–Trinajstić information content (AvgIpc) is 2.56. The standard InChI is InChI=1S/C16H24ClN3O3.2ClH/c1-10(11(2)20-4-6-23-7-5-20)19-16(21)12-8-13(17)14(18)9-15(12)22-3;;/h8-11H,4-7,18H2,1-3H3,(H,19,21);2*1H. The molecule has 1 aliphatic heterocycles. The minimum Gasteiger partial charge on any atom is -0.496 e. The van der Waals surface area contributed by atoms with Crippen molar-refractivity contribution in [2.75, 3.05) is 39.1 Å². The Morgan fingerprint density at radius 1 is 1.32 bits per heavy atom. The van der Waals surface area contributed by atoms with Crippen LogP contribution in [0.5, 0.6) is 5.75 Å². The number of nitrogens with zero attached hydrogens (tertiary/aromatic N) is 1. The van der Waals surface area contributed by atoms with Crippen molar-refractivity contribution in [1.29, 1.82) is 0 Å². The third kappa shape index (κ3) is 6.08. The van der Waals surface area contributed by atoms with Crippen LogP contribution in [0.4, 0.5) is 5.69 Å². The van der Waals surface area contributed by atoms with Crippen LogP contribution < -0.4 is 15.8 Å². The van der Waals surface area contributed by atoms with E-state index in [9.17, 15) is 4.79 Å². The predicted octanol–water partition coefficient (Wildman–Crippen LogP) is 2.61. The molecule has 9 heteroatoms. The zero-order chi connectivity index (χ0) is 17.0. The van der Waals surface area contributed by atoms with Gasteiger partial charge in [0.2, 0.25) is 0 Å². The Kier molecular flexibility index (Phi) is 10.5. The molecule has 1 aliphatic rings. The molecular formula is C16H26Cl3N3O3. The van der Waals surface area contributed by atoms with E-state index in [1.54, 1.807) is 6.07 Å². The van der Waals surface area contributed by atoms with Crippen molar-refractivity contribution in [2.45, 2.75) is 25.9 Å². The molecule has 25 heavy (non-hydrogen) atoms. The molecule has 0 bridgehead atoms. The number of ether oxygens (including phenoxy) is 2. The highest BCUT2D eigenvalue weighted by atomic mass is 35.5. The number of nitrogens with two attached hydrogens (primary N) is 1. The van der Waals surface area contributed by atoms with Gasteiger partial charge in [-0.2, -0.15) is 0 Å². The second kappa shape index (κ2) is 10.9. The quantitative estimate of drug-likeness (QED) is 0.724. The van der Waals surface area contributed by atoms with Gasteiger partial charge in [-0.15, -0.1) is 24.8 Å². The average molecular weight is 415 g/mol. The summed E-state index contributed by atoms with van der Waals surface area (Å²) in [6.45, 7) is 7.29. The topological polar surface area (TPSA) is 76.8 Å². The van der Waals surface area contributed by atoms with Gasteiger partial charge in [0.05, 0.1) is 36.6 Å². The molecule has 0 radical (unpaired) electrons. The van der Waals surface area contributed by atoms with Crippen LogP contribution in [0.2, 0.25) is 5.02 Å². The molecule has 0 saturated carbocycles. The van der Waals surface area contributed by atoms with Crippen LogP contribution >= 0.6 is 36.4 Å². The lowest BCUT2D eigenvalue weighted by atomic mass is 10.1. The van der Waals surface area contributed by atoms with Crippen molar-refractivity contribution in [2.24, 2.45) is 0 Å². The first-order valence-corrected chi connectivity index (χ1v) is 8.07. The molecule has 2 atom stereocenters. The molecule has 2 rings (SSSR count). The summed E-state index contributed by atoms with van der Waals surface area (Å²) in [7, 11) is 1.50. The fourth-order valence-electron chi connectivity index (χ4n) is 2.62. The van der Waals surface area contributed by atoms with Gasteiger partial charge in [0.1, 0.15) is 5.75 Å². The van der Waals surface area contributed by atoms with Gasteiger partial charge in [0, 0.05) is 31.2 Å². The van der Waals surface area contributed by atoms with Gasteiger partial charge in [0.15, 0.2) is 0 Å². The molecule has 6 nitrogen and oxygen atoms in total. The molecule has 1 aromatic rings. The molecule has 0 aromatic heterocycles. The van der Waals surface area contributed by atoms with Crippen molar-refractivity contribution in [3.63, 3.8) is 0 Å². The Morgan fingerprint density at radius 2 is 1.92 bits per heavy atom. The van der Waals surface area contributed by atoms with E-state index in [2.05, 4.69) is 17.1 Å². The van der Waals surface area contributed by atoms with E-state index in [4.69, 9.17) is 26.8 Å². The molecule has 2 unspecified atom stereocenters. The van der Waals surface area contributed by atoms with Crippen molar-refractivity contribution < 1.29 is 14.3 Å². The Hall–Kier alpha value is -0.920. The third-order valence-corrected chi connectivity index (χ3v) is 4.59. The number of nitrogens with one attached hydrogen (secondary N) is 1. The highest BCUT2D eigenvalue weighted by molar-refractivity contribution is 6.33. The fraction of sp³-hybridized carbons (Fsp3) is 0.562. The van der Waals surface area contributed by atoms with Crippen molar-refractivity contribution in [1.82, 2.24) is 10.2 Å². The maximum Gasteiger partial charge on any atom is 0.255 e. The van der Waals surface area contributed by atoms with Gasteiger partial charge in [-0.05, 0) is 19.9 Å². The summed E-state index contributed by atoms with van der Waals surface area (Å²) in [6, 6.07) is 3.28. The molecule has 0 aliphatic carbocycles. The molecule has 1 amide bonds. The number of hydrogen-bond donors (Lipinski definition) is 2. The summed E-state index contributed by atoms with van der Waals surface area (Å²) in [4.78, 5) is 14.9. The van der Waals surface area contributed by atoms with Gasteiger partial charge in [-0.1, -0.05) is 11.6 Å². The van der Waals surface area contributed by atoms with Crippen LogP contribution in [-0.2, 0) is 4.74 Å². The van der Waals surface area contributed by atoms with E-state index in [1.165, 1.54) is 13.2 Å². The molecule has 3 N–H and O–H groups in total. The summed E-state index contributed by atoms with van der Waals surface area (Å²) in [5, 5.41) is 3.35. The highest BCUT2D eigenvalue weighted by Crippen LogP contribution is 2.28.